The molecule has 0 aliphatic carbocycles. The van der Waals surface area contributed by atoms with E-state index >= 15 is 0 Å². The maximum absolute atomic E-state index is 12.8. The minimum atomic E-state index is -3.51. The van der Waals surface area contributed by atoms with Gasteiger partial charge in [0, 0.05) is 18.1 Å². The number of nitrogens with zero attached hydrogens (tertiary/aromatic N) is 4. The molecule has 1 aliphatic heterocycles. The molecule has 2 heterocycles. The van der Waals surface area contributed by atoms with Crippen LogP contribution in [-0.2, 0) is 10.0 Å². The van der Waals surface area contributed by atoms with E-state index in [1.54, 1.807) is 36.2 Å². The topological polar surface area (TPSA) is 68.1 Å². The molecule has 0 spiro atoms. The van der Waals surface area contributed by atoms with Crippen LogP contribution in [0.15, 0.2) is 35.5 Å². The first kappa shape index (κ1) is 15.5. The van der Waals surface area contributed by atoms with Gasteiger partial charge in [-0.05, 0) is 37.5 Å². The first-order chi connectivity index (χ1) is 10.5. The van der Waals surface area contributed by atoms with Gasteiger partial charge in [-0.3, -0.25) is 0 Å². The highest BCUT2D eigenvalue weighted by Crippen LogP contribution is 2.28. The molecule has 0 N–H and O–H groups in total. The molecule has 0 unspecified atom stereocenters. The molecule has 1 aromatic heterocycles. The normalized spacial score (nSPS) is 17.7. The lowest BCUT2D eigenvalue weighted by Gasteiger charge is -2.31. The van der Waals surface area contributed by atoms with Crippen LogP contribution in [-0.4, -0.2) is 40.8 Å². The van der Waals surface area contributed by atoms with E-state index in [4.69, 9.17) is 11.6 Å². The molecule has 1 saturated heterocycles. The molecular weight excluding hydrogens is 324 g/mol. The van der Waals surface area contributed by atoms with Crippen LogP contribution in [0.4, 0.5) is 0 Å². The molecule has 0 bridgehead atoms. The van der Waals surface area contributed by atoms with E-state index in [1.165, 1.54) is 10.4 Å². The monoisotopic (exact) mass is 340 g/mol. The lowest BCUT2D eigenvalue weighted by molar-refractivity contribution is 0.245. The second-order valence-corrected chi connectivity index (χ2v) is 7.74. The zero-order valence-corrected chi connectivity index (χ0v) is 13.8. The van der Waals surface area contributed by atoms with Crippen molar-refractivity contribution >= 4 is 21.6 Å². The van der Waals surface area contributed by atoms with E-state index in [0.29, 0.717) is 36.5 Å². The second-order valence-electron chi connectivity index (χ2n) is 5.39. The van der Waals surface area contributed by atoms with Crippen molar-refractivity contribution in [1.29, 1.82) is 0 Å². The van der Waals surface area contributed by atoms with Gasteiger partial charge < -0.3 is 0 Å². The summed E-state index contributed by atoms with van der Waals surface area (Å²) in [6, 6.07) is 5.11. The Hall–Kier alpha value is -1.44. The standard InChI is InChI=1S/C14H17ClN4O2S/c1-11-2-3-12(15)10-14(11)22(20,21)18-8-4-13(5-9-18)19-16-6-7-17-19/h2-3,6-7,10,13H,4-5,8-9H2,1H3. The third-order valence-electron chi connectivity index (χ3n) is 3.95. The molecule has 0 atom stereocenters. The molecule has 2 aromatic rings. The van der Waals surface area contributed by atoms with E-state index in [0.717, 1.165) is 0 Å². The Morgan fingerprint density at radius 2 is 1.82 bits per heavy atom. The second kappa shape index (κ2) is 5.98. The minimum Gasteiger partial charge on any atom is -0.207 e. The quantitative estimate of drug-likeness (QED) is 0.859. The van der Waals surface area contributed by atoms with Crippen molar-refractivity contribution < 1.29 is 8.42 Å². The first-order valence-corrected chi connectivity index (χ1v) is 8.92. The Labute approximate surface area is 134 Å². The first-order valence-electron chi connectivity index (χ1n) is 7.10. The van der Waals surface area contributed by atoms with Crippen LogP contribution in [0.25, 0.3) is 0 Å². The molecule has 118 valence electrons. The fourth-order valence-electron chi connectivity index (χ4n) is 2.72. The summed E-state index contributed by atoms with van der Waals surface area (Å²) in [4.78, 5) is 1.95. The molecule has 0 radical (unpaired) electrons. The summed E-state index contributed by atoms with van der Waals surface area (Å²) in [5, 5.41) is 8.69. The third-order valence-corrected chi connectivity index (χ3v) is 6.23. The molecular formula is C14H17ClN4O2S. The van der Waals surface area contributed by atoms with Gasteiger partial charge in [-0.15, -0.1) is 0 Å². The van der Waals surface area contributed by atoms with Gasteiger partial charge in [-0.2, -0.15) is 19.3 Å². The number of rotatable bonds is 3. The summed E-state index contributed by atoms with van der Waals surface area (Å²) in [7, 11) is -3.51. The SMILES string of the molecule is Cc1ccc(Cl)cc1S(=O)(=O)N1CCC(n2nccn2)CC1. The molecule has 3 rings (SSSR count). The van der Waals surface area contributed by atoms with Gasteiger partial charge in [0.25, 0.3) is 0 Å². The molecule has 1 aromatic carbocycles. The van der Waals surface area contributed by atoms with Gasteiger partial charge in [-0.25, -0.2) is 8.42 Å². The number of benzene rings is 1. The predicted octanol–water partition coefficient (Wildman–Crippen LogP) is 2.27. The Balaban J connectivity index is 1.79. The van der Waals surface area contributed by atoms with Crippen LogP contribution in [0.3, 0.4) is 0 Å². The lowest BCUT2D eigenvalue weighted by Crippen LogP contribution is -2.39. The molecule has 6 nitrogen and oxygen atoms in total. The predicted molar refractivity (Wildman–Crippen MR) is 83.2 cm³/mol. The van der Waals surface area contributed by atoms with Crippen LogP contribution < -0.4 is 0 Å². The van der Waals surface area contributed by atoms with Crippen molar-refractivity contribution in [2.45, 2.75) is 30.7 Å². The Kier molecular flexibility index (Phi) is 4.20. The van der Waals surface area contributed by atoms with Crippen LogP contribution in [0.2, 0.25) is 5.02 Å². The summed E-state index contributed by atoms with van der Waals surface area (Å²) in [6.07, 6.45) is 4.68. The Bertz CT molecular complexity index is 753. The van der Waals surface area contributed by atoms with Crippen LogP contribution in [0, 0.1) is 6.92 Å². The molecule has 1 aliphatic rings. The molecule has 1 fully saturated rings. The summed E-state index contributed by atoms with van der Waals surface area (Å²) in [6.45, 7) is 2.70. The van der Waals surface area contributed by atoms with E-state index in [2.05, 4.69) is 10.2 Å². The van der Waals surface area contributed by atoms with Gasteiger partial charge in [0.05, 0.1) is 23.3 Å². The van der Waals surface area contributed by atoms with Crippen molar-refractivity contribution in [3.8, 4) is 0 Å². The summed E-state index contributed by atoms with van der Waals surface area (Å²) in [5.41, 5.74) is 0.709. The number of aromatic nitrogens is 3. The zero-order chi connectivity index (χ0) is 15.7. The highest BCUT2D eigenvalue weighted by atomic mass is 35.5. The van der Waals surface area contributed by atoms with Gasteiger partial charge in [0.2, 0.25) is 10.0 Å². The maximum Gasteiger partial charge on any atom is 0.243 e. The highest BCUT2D eigenvalue weighted by Gasteiger charge is 2.31. The van der Waals surface area contributed by atoms with E-state index in [1.807, 2.05) is 0 Å². The number of sulfonamides is 1. The minimum absolute atomic E-state index is 0.155. The number of hydrogen-bond acceptors (Lipinski definition) is 4. The average Bonchev–Trinajstić information content (AvgIpc) is 3.04. The summed E-state index contributed by atoms with van der Waals surface area (Å²) >= 11 is 5.95. The van der Waals surface area contributed by atoms with Crippen molar-refractivity contribution in [2.75, 3.05) is 13.1 Å². The molecule has 22 heavy (non-hydrogen) atoms. The highest BCUT2D eigenvalue weighted by molar-refractivity contribution is 7.89. The summed E-state index contributed by atoms with van der Waals surface area (Å²) in [5.74, 6) is 0. The fraction of sp³-hybridized carbons (Fsp3) is 0.429. The largest absolute Gasteiger partial charge is 0.243 e. The van der Waals surface area contributed by atoms with E-state index < -0.39 is 10.0 Å². The molecule has 8 heteroatoms. The van der Waals surface area contributed by atoms with Crippen LogP contribution >= 0.6 is 11.6 Å². The van der Waals surface area contributed by atoms with E-state index in [9.17, 15) is 8.42 Å². The van der Waals surface area contributed by atoms with Crippen molar-refractivity contribution in [2.24, 2.45) is 0 Å². The number of halogens is 1. The molecule has 0 saturated carbocycles. The van der Waals surface area contributed by atoms with Gasteiger partial charge >= 0.3 is 0 Å². The lowest BCUT2D eigenvalue weighted by atomic mass is 10.1. The number of piperidine rings is 1. The third kappa shape index (κ3) is 2.88. The van der Waals surface area contributed by atoms with Gasteiger partial charge in [0.1, 0.15) is 0 Å². The van der Waals surface area contributed by atoms with Gasteiger partial charge in [0.15, 0.2) is 0 Å². The molecule has 0 amide bonds. The Morgan fingerprint density at radius 1 is 1.18 bits per heavy atom. The number of hydrogen-bond donors (Lipinski definition) is 0. The fourth-order valence-corrected chi connectivity index (χ4v) is 4.68. The average molecular weight is 341 g/mol. The van der Waals surface area contributed by atoms with Crippen molar-refractivity contribution in [3.63, 3.8) is 0 Å². The smallest absolute Gasteiger partial charge is 0.207 e. The van der Waals surface area contributed by atoms with Gasteiger partial charge in [-0.1, -0.05) is 17.7 Å². The Morgan fingerprint density at radius 3 is 2.45 bits per heavy atom. The van der Waals surface area contributed by atoms with Crippen molar-refractivity contribution in [3.05, 3.63) is 41.2 Å². The number of aryl methyl sites for hydroxylation is 1. The zero-order valence-electron chi connectivity index (χ0n) is 12.2. The maximum atomic E-state index is 12.8. The van der Waals surface area contributed by atoms with Crippen LogP contribution in [0.5, 0.6) is 0 Å². The van der Waals surface area contributed by atoms with E-state index in [-0.39, 0.29) is 10.9 Å². The van der Waals surface area contributed by atoms with Crippen LogP contribution in [0.1, 0.15) is 24.4 Å². The van der Waals surface area contributed by atoms with Crippen molar-refractivity contribution in [1.82, 2.24) is 19.3 Å². The summed E-state index contributed by atoms with van der Waals surface area (Å²) < 4.78 is 27.1.